The second-order valence-corrected chi connectivity index (χ2v) is 5.63. The van der Waals surface area contributed by atoms with Gasteiger partial charge in [-0.25, -0.2) is 8.91 Å². The fourth-order valence-corrected chi connectivity index (χ4v) is 2.99. The van der Waals surface area contributed by atoms with Crippen LogP contribution in [0.1, 0.15) is 6.42 Å². The van der Waals surface area contributed by atoms with Crippen LogP contribution >= 0.6 is 0 Å². The highest BCUT2D eigenvalue weighted by molar-refractivity contribution is 6.02. The molecule has 1 saturated heterocycles. The molecule has 0 aromatic carbocycles. The summed E-state index contributed by atoms with van der Waals surface area (Å²) < 4.78 is 15.0. The standard InChI is InChI=1S/C17H12FN5O/c18-14-5-12(8-20-9-14)13-6-16-15(1-3-21-23(16)10-13)22-4-2-11(7-19)17(22)24/h1,3,5-6,8-11H,2,4H2. The lowest BCUT2D eigenvalue weighted by Crippen LogP contribution is -2.27. The molecule has 24 heavy (non-hydrogen) atoms. The van der Waals surface area contributed by atoms with Crippen LogP contribution in [0.4, 0.5) is 10.1 Å². The van der Waals surface area contributed by atoms with Crippen LogP contribution in [0.2, 0.25) is 0 Å². The molecule has 1 fully saturated rings. The topological polar surface area (TPSA) is 74.3 Å². The zero-order valence-electron chi connectivity index (χ0n) is 12.6. The Morgan fingerprint density at radius 2 is 2.17 bits per heavy atom. The van der Waals surface area contributed by atoms with E-state index in [1.54, 1.807) is 34.1 Å². The van der Waals surface area contributed by atoms with E-state index < -0.39 is 11.7 Å². The molecule has 0 saturated carbocycles. The van der Waals surface area contributed by atoms with Gasteiger partial charge in [0.15, 0.2) is 0 Å². The number of carbonyl (C=O) groups excluding carboxylic acids is 1. The summed E-state index contributed by atoms with van der Waals surface area (Å²) in [5.74, 6) is -1.21. The molecule has 0 bridgehead atoms. The SMILES string of the molecule is N#CC1CCN(c2ccnn3cc(-c4cncc(F)c4)cc23)C1=O. The van der Waals surface area contributed by atoms with E-state index in [1.807, 2.05) is 12.1 Å². The number of amides is 1. The Balaban J connectivity index is 1.81. The minimum Gasteiger partial charge on any atom is -0.309 e. The highest BCUT2D eigenvalue weighted by atomic mass is 19.1. The third-order valence-electron chi connectivity index (χ3n) is 4.18. The number of pyridine rings is 1. The Bertz CT molecular complexity index is 990. The smallest absolute Gasteiger partial charge is 0.244 e. The maximum Gasteiger partial charge on any atom is 0.244 e. The highest BCUT2D eigenvalue weighted by Crippen LogP contribution is 2.31. The molecular formula is C17H12FN5O. The predicted octanol–water partition coefficient (Wildman–Crippen LogP) is 2.41. The first-order valence-corrected chi connectivity index (χ1v) is 7.46. The number of nitrogens with zero attached hydrogens (tertiary/aromatic N) is 5. The molecule has 1 aliphatic heterocycles. The summed E-state index contributed by atoms with van der Waals surface area (Å²) in [6.07, 6.45) is 6.60. The van der Waals surface area contributed by atoms with Crippen LogP contribution in [0.25, 0.3) is 16.6 Å². The van der Waals surface area contributed by atoms with Gasteiger partial charge in [-0.3, -0.25) is 9.78 Å². The average Bonchev–Trinajstić information content (AvgIpc) is 3.18. The largest absolute Gasteiger partial charge is 0.309 e. The molecule has 0 aliphatic carbocycles. The first kappa shape index (κ1) is 14.3. The molecule has 1 amide bonds. The zero-order valence-corrected chi connectivity index (χ0v) is 12.6. The molecular weight excluding hydrogens is 309 g/mol. The molecule has 1 atom stereocenters. The van der Waals surface area contributed by atoms with Gasteiger partial charge in [-0.2, -0.15) is 10.4 Å². The van der Waals surface area contributed by atoms with Crippen LogP contribution in [0.5, 0.6) is 0 Å². The fraction of sp³-hybridized carbons (Fsp3) is 0.176. The van der Waals surface area contributed by atoms with E-state index in [0.717, 1.165) is 17.3 Å². The number of carbonyl (C=O) groups is 1. The van der Waals surface area contributed by atoms with Crippen molar-refractivity contribution in [2.45, 2.75) is 6.42 Å². The van der Waals surface area contributed by atoms with Crippen molar-refractivity contribution < 1.29 is 9.18 Å². The number of fused-ring (bicyclic) bond motifs is 1. The third-order valence-corrected chi connectivity index (χ3v) is 4.18. The molecule has 4 heterocycles. The van der Waals surface area contributed by atoms with Crippen molar-refractivity contribution in [3.63, 3.8) is 0 Å². The van der Waals surface area contributed by atoms with Gasteiger partial charge in [-0.15, -0.1) is 0 Å². The van der Waals surface area contributed by atoms with Crippen molar-refractivity contribution in [3.8, 4) is 17.2 Å². The van der Waals surface area contributed by atoms with Gasteiger partial charge in [-0.1, -0.05) is 0 Å². The molecule has 7 heteroatoms. The summed E-state index contributed by atoms with van der Waals surface area (Å²) >= 11 is 0. The minimum absolute atomic E-state index is 0.194. The average molecular weight is 321 g/mol. The van der Waals surface area contributed by atoms with E-state index in [2.05, 4.69) is 10.1 Å². The first-order valence-electron chi connectivity index (χ1n) is 7.46. The minimum atomic E-state index is -0.597. The quantitative estimate of drug-likeness (QED) is 0.726. The summed E-state index contributed by atoms with van der Waals surface area (Å²) in [7, 11) is 0. The Morgan fingerprint density at radius 3 is 2.92 bits per heavy atom. The zero-order chi connectivity index (χ0) is 16.7. The van der Waals surface area contributed by atoms with Gasteiger partial charge in [0.05, 0.1) is 23.5 Å². The lowest BCUT2D eigenvalue weighted by atomic mass is 10.1. The van der Waals surface area contributed by atoms with Crippen LogP contribution < -0.4 is 4.90 Å². The Morgan fingerprint density at radius 1 is 1.29 bits per heavy atom. The normalized spacial score (nSPS) is 17.4. The second kappa shape index (κ2) is 5.42. The van der Waals surface area contributed by atoms with Gasteiger partial charge in [-0.05, 0) is 24.6 Å². The van der Waals surface area contributed by atoms with E-state index in [0.29, 0.717) is 24.2 Å². The lowest BCUT2D eigenvalue weighted by molar-refractivity contribution is -0.118. The Labute approximate surface area is 136 Å². The second-order valence-electron chi connectivity index (χ2n) is 5.63. The first-order chi connectivity index (χ1) is 11.7. The summed E-state index contributed by atoms with van der Waals surface area (Å²) in [5.41, 5.74) is 2.81. The number of halogens is 1. The van der Waals surface area contributed by atoms with Crippen molar-refractivity contribution in [1.29, 1.82) is 5.26 Å². The number of rotatable bonds is 2. The highest BCUT2D eigenvalue weighted by Gasteiger charge is 2.33. The number of aromatic nitrogens is 3. The number of hydrogen-bond acceptors (Lipinski definition) is 4. The number of nitriles is 1. The van der Waals surface area contributed by atoms with Gasteiger partial charge < -0.3 is 4.90 Å². The van der Waals surface area contributed by atoms with Crippen LogP contribution in [0, 0.1) is 23.1 Å². The van der Waals surface area contributed by atoms with E-state index >= 15 is 0 Å². The maximum atomic E-state index is 13.4. The van der Waals surface area contributed by atoms with Crippen molar-refractivity contribution >= 4 is 17.1 Å². The van der Waals surface area contributed by atoms with Crippen molar-refractivity contribution in [2.24, 2.45) is 5.92 Å². The van der Waals surface area contributed by atoms with Crippen molar-refractivity contribution in [3.05, 3.63) is 48.8 Å². The van der Waals surface area contributed by atoms with Crippen molar-refractivity contribution in [2.75, 3.05) is 11.4 Å². The van der Waals surface area contributed by atoms with Crippen LogP contribution in [-0.2, 0) is 4.79 Å². The van der Waals surface area contributed by atoms with E-state index in [-0.39, 0.29) is 5.91 Å². The summed E-state index contributed by atoms with van der Waals surface area (Å²) in [4.78, 5) is 17.8. The predicted molar refractivity (Wildman–Crippen MR) is 84.5 cm³/mol. The number of anilines is 1. The van der Waals surface area contributed by atoms with Gasteiger partial charge in [0, 0.05) is 36.3 Å². The summed E-state index contributed by atoms with van der Waals surface area (Å²) in [5, 5.41) is 13.3. The van der Waals surface area contributed by atoms with Crippen molar-refractivity contribution in [1.82, 2.24) is 14.6 Å². The molecule has 0 radical (unpaired) electrons. The van der Waals surface area contributed by atoms with Gasteiger partial charge in [0.25, 0.3) is 0 Å². The molecule has 3 aromatic rings. The molecule has 1 unspecified atom stereocenters. The Hall–Kier alpha value is -3.27. The summed E-state index contributed by atoms with van der Waals surface area (Å²) in [6, 6.07) is 7.02. The maximum absolute atomic E-state index is 13.4. The van der Waals surface area contributed by atoms with E-state index in [4.69, 9.17) is 5.26 Å². The van der Waals surface area contributed by atoms with Gasteiger partial charge >= 0.3 is 0 Å². The summed E-state index contributed by atoms with van der Waals surface area (Å²) in [6.45, 7) is 0.499. The lowest BCUT2D eigenvalue weighted by Gasteiger charge is -2.16. The van der Waals surface area contributed by atoms with Gasteiger partial charge in [0.1, 0.15) is 11.7 Å². The van der Waals surface area contributed by atoms with Crippen LogP contribution in [-0.4, -0.2) is 27.0 Å². The monoisotopic (exact) mass is 321 g/mol. The molecule has 1 aliphatic rings. The van der Waals surface area contributed by atoms with E-state index in [9.17, 15) is 9.18 Å². The fourth-order valence-electron chi connectivity index (χ4n) is 2.99. The molecule has 3 aromatic heterocycles. The Kier molecular flexibility index (Phi) is 3.24. The van der Waals surface area contributed by atoms with Crippen LogP contribution in [0.3, 0.4) is 0 Å². The third kappa shape index (κ3) is 2.20. The van der Waals surface area contributed by atoms with Gasteiger partial charge in [0.2, 0.25) is 5.91 Å². The molecule has 0 spiro atoms. The molecule has 0 N–H and O–H groups in total. The number of hydrogen-bond donors (Lipinski definition) is 0. The van der Waals surface area contributed by atoms with Crippen LogP contribution in [0.15, 0.2) is 43.0 Å². The molecule has 118 valence electrons. The molecule has 4 rings (SSSR count). The van der Waals surface area contributed by atoms with E-state index in [1.165, 1.54) is 6.07 Å². The molecule has 6 nitrogen and oxygen atoms in total.